The van der Waals surface area contributed by atoms with Gasteiger partial charge < -0.3 is 14.4 Å². The molecule has 1 aliphatic rings. The number of benzene rings is 2. The molecule has 3 aromatic rings. The van der Waals surface area contributed by atoms with Gasteiger partial charge in [-0.1, -0.05) is 6.07 Å². The van der Waals surface area contributed by atoms with Crippen LogP contribution < -0.4 is 14.4 Å². The molecule has 9 heteroatoms. The lowest BCUT2D eigenvalue weighted by atomic mass is 10.1. The van der Waals surface area contributed by atoms with Gasteiger partial charge in [-0.15, -0.1) is 0 Å². The molecule has 174 valence electrons. The highest BCUT2D eigenvalue weighted by atomic mass is 32.2. The van der Waals surface area contributed by atoms with Gasteiger partial charge in [-0.05, 0) is 55.8 Å². The molecule has 1 aliphatic heterocycles. The maximum Gasteiger partial charge on any atom is 0.246 e. The van der Waals surface area contributed by atoms with Crippen LogP contribution in [0, 0.1) is 6.92 Å². The highest BCUT2D eigenvalue weighted by Crippen LogP contribution is 2.29. The third kappa shape index (κ3) is 4.94. The number of hydrogen-bond donors (Lipinski definition) is 0. The van der Waals surface area contributed by atoms with E-state index in [1.807, 2.05) is 44.2 Å². The lowest BCUT2D eigenvalue weighted by molar-refractivity contribution is 0.340. The summed E-state index contributed by atoms with van der Waals surface area (Å²) in [7, 11) is -2.16. The molecule has 0 N–H and O–H groups in total. The summed E-state index contributed by atoms with van der Waals surface area (Å²) in [6.45, 7) is 6.27. The third-order valence-electron chi connectivity index (χ3n) is 5.61. The van der Waals surface area contributed by atoms with Gasteiger partial charge in [-0.3, -0.25) is 0 Å². The maximum atomic E-state index is 13.2. The van der Waals surface area contributed by atoms with Crippen molar-refractivity contribution >= 4 is 15.8 Å². The van der Waals surface area contributed by atoms with Crippen LogP contribution in [0.2, 0.25) is 0 Å². The van der Waals surface area contributed by atoms with Gasteiger partial charge >= 0.3 is 0 Å². The van der Waals surface area contributed by atoms with E-state index in [4.69, 9.17) is 9.47 Å². The Morgan fingerprint density at radius 3 is 2.36 bits per heavy atom. The van der Waals surface area contributed by atoms with Crippen LogP contribution in [0.25, 0.3) is 11.3 Å². The molecule has 33 heavy (non-hydrogen) atoms. The topological polar surface area (TPSA) is 84.9 Å². The van der Waals surface area contributed by atoms with Crippen LogP contribution in [0.4, 0.5) is 5.82 Å². The van der Waals surface area contributed by atoms with E-state index in [-0.39, 0.29) is 4.90 Å². The number of rotatable bonds is 7. The first-order valence-corrected chi connectivity index (χ1v) is 12.3. The zero-order valence-electron chi connectivity index (χ0n) is 19.1. The maximum absolute atomic E-state index is 13.2. The van der Waals surface area contributed by atoms with Crippen LogP contribution in [0.3, 0.4) is 0 Å². The first kappa shape index (κ1) is 23.0. The summed E-state index contributed by atoms with van der Waals surface area (Å²) in [4.78, 5) is 11.1. The molecule has 0 bridgehead atoms. The molecule has 4 rings (SSSR count). The van der Waals surface area contributed by atoms with E-state index in [1.54, 1.807) is 24.5 Å². The predicted molar refractivity (Wildman–Crippen MR) is 127 cm³/mol. The van der Waals surface area contributed by atoms with Crippen LogP contribution in [0.1, 0.15) is 12.5 Å². The van der Waals surface area contributed by atoms with E-state index in [2.05, 4.69) is 14.9 Å². The molecule has 0 saturated carbocycles. The van der Waals surface area contributed by atoms with Gasteiger partial charge in [0.15, 0.2) is 0 Å². The number of ether oxygens (including phenoxy) is 2. The first-order chi connectivity index (χ1) is 15.9. The number of anilines is 1. The third-order valence-corrected chi connectivity index (χ3v) is 7.55. The van der Waals surface area contributed by atoms with Crippen molar-refractivity contribution in [3.63, 3.8) is 0 Å². The first-order valence-electron chi connectivity index (χ1n) is 10.9. The summed E-state index contributed by atoms with van der Waals surface area (Å²) in [5, 5.41) is 0. The number of aryl methyl sites for hydroxylation is 1. The summed E-state index contributed by atoms with van der Waals surface area (Å²) in [6.07, 6.45) is 1.54. The van der Waals surface area contributed by atoms with Crippen LogP contribution in [0.15, 0.2) is 59.8 Å². The van der Waals surface area contributed by atoms with Crippen molar-refractivity contribution in [2.75, 3.05) is 44.8 Å². The van der Waals surface area contributed by atoms with Gasteiger partial charge in [0, 0.05) is 37.8 Å². The molecule has 1 saturated heterocycles. The standard InChI is InChI=1S/C24H28N4O4S/c1-4-32-20-8-6-19(7-9-20)21-16-24(26-17-25-21)27-11-13-28(14-12-27)33(29,30)23-10-5-18(2)15-22(23)31-3/h5-10,15-17H,4,11-14H2,1-3H3. The monoisotopic (exact) mass is 468 g/mol. The van der Waals surface area contributed by atoms with E-state index in [0.29, 0.717) is 38.5 Å². The second-order valence-electron chi connectivity index (χ2n) is 7.76. The van der Waals surface area contributed by atoms with Gasteiger partial charge in [-0.2, -0.15) is 4.31 Å². The summed E-state index contributed by atoms with van der Waals surface area (Å²) >= 11 is 0. The number of nitrogens with zero attached hydrogens (tertiary/aromatic N) is 4. The Labute approximate surface area is 194 Å². The van der Waals surface area contributed by atoms with Gasteiger partial charge in [-0.25, -0.2) is 18.4 Å². The fourth-order valence-corrected chi connectivity index (χ4v) is 5.41. The highest BCUT2D eigenvalue weighted by Gasteiger charge is 2.31. The lowest BCUT2D eigenvalue weighted by Crippen LogP contribution is -2.49. The summed E-state index contributed by atoms with van der Waals surface area (Å²) in [5.74, 6) is 1.96. The van der Waals surface area contributed by atoms with E-state index in [9.17, 15) is 8.42 Å². The van der Waals surface area contributed by atoms with Crippen LogP contribution >= 0.6 is 0 Å². The normalized spacial score (nSPS) is 14.8. The van der Waals surface area contributed by atoms with Crippen LogP contribution in [-0.4, -0.2) is 62.6 Å². The average Bonchev–Trinajstić information content (AvgIpc) is 2.84. The van der Waals surface area contributed by atoms with Gasteiger partial charge in [0.05, 0.1) is 19.4 Å². The Balaban J connectivity index is 1.47. The van der Waals surface area contributed by atoms with Crippen molar-refractivity contribution < 1.29 is 17.9 Å². The quantitative estimate of drug-likeness (QED) is 0.526. The molecule has 0 amide bonds. The smallest absolute Gasteiger partial charge is 0.246 e. The van der Waals surface area contributed by atoms with Gasteiger partial charge in [0.1, 0.15) is 28.5 Å². The van der Waals surface area contributed by atoms with Crippen LogP contribution in [-0.2, 0) is 10.0 Å². The second-order valence-corrected chi connectivity index (χ2v) is 9.67. The lowest BCUT2D eigenvalue weighted by Gasteiger charge is -2.34. The number of methoxy groups -OCH3 is 1. The molecule has 0 aliphatic carbocycles. The Kier molecular flexibility index (Phi) is 6.80. The van der Waals surface area contributed by atoms with Crippen molar-refractivity contribution in [2.45, 2.75) is 18.7 Å². The molecule has 1 aromatic heterocycles. The predicted octanol–water partition coefficient (Wildman–Crippen LogP) is 3.37. The molecule has 0 radical (unpaired) electrons. The fourth-order valence-electron chi connectivity index (χ4n) is 3.85. The Hall–Kier alpha value is -3.17. The van der Waals surface area contributed by atoms with E-state index in [1.165, 1.54) is 11.4 Å². The van der Waals surface area contributed by atoms with E-state index in [0.717, 1.165) is 28.4 Å². The summed E-state index contributed by atoms with van der Waals surface area (Å²) in [6, 6.07) is 14.9. The summed E-state index contributed by atoms with van der Waals surface area (Å²) < 4.78 is 38.8. The zero-order valence-corrected chi connectivity index (χ0v) is 19.9. The van der Waals surface area contributed by atoms with Crippen molar-refractivity contribution in [2.24, 2.45) is 0 Å². The molecule has 1 fully saturated rings. The Morgan fingerprint density at radius 1 is 0.970 bits per heavy atom. The van der Waals surface area contributed by atoms with E-state index >= 15 is 0 Å². The Bertz CT molecular complexity index is 1210. The Morgan fingerprint density at radius 2 is 1.70 bits per heavy atom. The molecule has 0 spiro atoms. The molecule has 8 nitrogen and oxygen atoms in total. The van der Waals surface area contributed by atoms with E-state index < -0.39 is 10.0 Å². The van der Waals surface area contributed by atoms with Crippen molar-refractivity contribution in [3.05, 3.63) is 60.4 Å². The largest absolute Gasteiger partial charge is 0.495 e. The van der Waals surface area contributed by atoms with Crippen molar-refractivity contribution in [1.82, 2.24) is 14.3 Å². The van der Waals surface area contributed by atoms with Gasteiger partial charge in [0.2, 0.25) is 10.0 Å². The van der Waals surface area contributed by atoms with Crippen LogP contribution in [0.5, 0.6) is 11.5 Å². The van der Waals surface area contributed by atoms with Crippen molar-refractivity contribution in [3.8, 4) is 22.8 Å². The molecular weight excluding hydrogens is 440 g/mol. The number of aromatic nitrogens is 2. The second kappa shape index (κ2) is 9.76. The number of piperazine rings is 1. The number of hydrogen-bond acceptors (Lipinski definition) is 7. The van der Waals surface area contributed by atoms with Crippen molar-refractivity contribution in [1.29, 1.82) is 0 Å². The zero-order chi connectivity index (χ0) is 23.4. The fraction of sp³-hybridized carbons (Fsp3) is 0.333. The highest BCUT2D eigenvalue weighted by molar-refractivity contribution is 7.89. The molecule has 2 aromatic carbocycles. The minimum atomic E-state index is -3.65. The summed E-state index contributed by atoms with van der Waals surface area (Å²) in [5.41, 5.74) is 2.72. The molecule has 0 atom stereocenters. The SMILES string of the molecule is CCOc1ccc(-c2cc(N3CCN(S(=O)(=O)c4ccc(C)cc4OC)CC3)ncn2)cc1. The van der Waals surface area contributed by atoms with Gasteiger partial charge in [0.25, 0.3) is 0 Å². The molecule has 2 heterocycles. The number of sulfonamides is 1. The minimum Gasteiger partial charge on any atom is -0.495 e. The average molecular weight is 469 g/mol. The molecule has 0 unspecified atom stereocenters. The molecular formula is C24H28N4O4S. The minimum absolute atomic E-state index is 0.198.